The zero-order chi connectivity index (χ0) is 8.59. The van der Waals surface area contributed by atoms with Crippen LogP contribution in [0.3, 0.4) is 0 Å². The SMILES string of the molecule is [CH2]c1nc(C)c(F)c(F)c1F. The first-order chi connectivity index (χ1) is 5.04. The van der Waals surface area contributed by atoms with Gasteiger partial charge in [0.05, 0.1) is 11.4 Å². The number of nitrogens with zero attached hydrogens (tertiary/aromatic N) is 1. The molecule has 0 aliphatic rings. The molecule has 1 rings (SSSR count). The summed E-state index contributed by atoms with van der Waals surface area (Å²) in [4.78, 5) is 3.33. The highest BCUT2D eigenvalue weighted by molar-refractivity contribution is 5.18. The van der Waals surface area contributed by atoms with Crippen LogP contribution in [-0.4, -0.2) is 4.98 Å². The molecule has 4 heteroatoms. The minimum absolute atomic E-state index is 0.186. The molecule has 0 amide bonds. The minimum Gasteiger partial charge on any atom is -0.252 e. The molecular weight excluding hydrogens is 155 g/mol. The highest BCUT2D eigenvalue weighted by Gasteiger charge is 2.14. The maximum atomic E-state index is 12.5. The molecule has 0 atom stereocenters. The third kappa shape index (κ3) is 1.20. The monoisotopic (exact) mass is 160 g/mol. The fourth-order valence-corrected chi connectivity index (χ4v) is 0.682. The van der Waals surface area contributed by atoms with Crippen LogP contribution in [0, 0.1) is 31.3 Å². The number of aryl methyl sites for hydroxylation is 1. The van der Waals surface area contributed by atoms with Crippen LogP contribution in [0.4, 0.5) is 13.2 Å². The molecule has 0 unspecified atom stereocenters. The Labute approximate surface area is 61.9 Å². The molecule has 1 aromatic heterocycles. The fourth-order valence-electron chi connectivity index (χ4n) is 0.682. The Hall–Kier alpha value is -1.06. The van der Waals surface area contributed by atoms with Gasteiger partial charge in [0.25, 0.3) is 0 Å². The van der Waals surface area contributed by atoms with Crippen molar-refractivity contribution in [2.75, 3.05) is 0 Å². The maximum Gasteiger partial charge on any atom is 0.198 e. The van der Waals surface area contributed by atoms with E-state index in [-0.39, 0.29) is 11.4 Å². The molecule has 0 bridgehead atoms. The first-order valence-corrected chi connectivity index (χ1v) is 2.87. The Morgan fingerprint density at radius 3 is 2.18 bits per heavy atom. The van der Waals surface area contributed by atoms with Crippen LogP contribution in [0.25, 0.3) is 0 Å². The van der Waals surface area contributed by atoms with Gasteiger partial charge < -0.3 is 0 Å². The number of rotatable bonds is 0. The smallest absolute Gasteiger partial charge is 0.198 e. The average molecular weight is 160 g/mol. The zero-order valence-electron chi connectivity index (χ0n) is 5.79. The van der Waals surface area contributed by atoms with Crippen molar-refractivity contribution in [1.82, 2.24) is 4.98 Å². The van der Waals surface area contributed by atoms with Crippen LogP contribution < -0.4 is 0 Å². The molecule has 0 saturated carbocycles. The maximum absolute atomic E-state index is 12.5. The highest BCUT2D eigenvalue weighted by Crippen LogP contribution is 2.14. The van der Waals surface area contributed by atoms with Gasteiger partial charge in [0.2, 0.25) is 0 Å². The summed E-state index contributed by atoms with van der Waals surface area (Å²) < 4.78 is 37.3. The normalized spacial score (nSPS) is 10.3. The van der Waals surface area contributed by atoms with Crippen molar-refractivity contribution in [2.24, 2.45) is 0 Å². The Kier molecular flexibility index (Phi) is 1.85. The van der Waals surface area contributed by atoms with Gasteiger partial charge in [-0.3, -0.25) is 4.98 Å². The molecule has 0 aliphatic heterocycles. The zero-order valence-corrected chi connectivity index (χ0v) is 5.79. The molecule has 0 aromatic carbocycles. The van der Waals surface area contributed by atoms with E-state index in [4.69, 9.17) is 0 Å². The van der Waals surface area contributed by atoms with Gasteiger partial charge in [-0.1, -0.05) is 0 Å². The van der Waals surface area contributed by atoms with Crippen LogP contribution in [0.15, 0.2) is 0 Å². The van der Waals surface area contributed by atoms with Crippen molar-refractivity contribution in [2.45, 2.75) is 6.92 Å². The summed E-state index contributed by atoms with van der Waals surface area (Å²) in [5, 5.41) is 0. The average Bonchev–Trinajstić information content (AvgIpc) is 1.97. The van der Waals surface area contributed by atoms with Crippen molar-refractivity contribution in [3.8, 4) is 0 Å². The largest absolute Gasteiger partial charge is 0.252 e. The summed E-state index contributed by atoms with van der Waals surface area (Å²) >= 11 is 0. The van der Waals surface area contributed by atoms with Crippen LogP contribution >= 0.6 is 0 Å². The molecule has 0 N–H and O–H groups in total. The Bertz CT molecular complexity index is 270. The van der Waals surface area contributed by atoms with E-state index in [9.17, 15) is 13.2 Å². The summed E-state index contributed by atoms with van der Waals surface area (Å²) in [7, 11) is 0. The summed E-state index contributed by atoms with van der Waals surface area (Å²) in [6.45, 7) is 4.33. The highest BCUT2D eigenvalue weighted by atomic mass is 19.2. The molecule has 1 nitrogen and oxygen atoms in total. The molecule has 1 heterocycles. The van der Waals surface area contributed by atoms with Gasteiger partial charge in [-0.25, -0.2) is 13.2 Å². The number of pyridine rings is 1. The third-order valence-electron chi connectivity index (χ3n) is 1.26. The van der Waals surface area contributed by atoms with Crippen molar-refractivity contribution in [3.05, 3.63) is 35.8 Å². The van der Waals surface area contributed by atoms with E-state index in [0.29, 0.717) is 0 Å². The molecular formula is C7H5F3N. The number of hydrogen-bond acceptors (Lipinski definition) is 1. The van der Waals surface area contributed by atoms with E-state index >= 15 is 0 Å². The van der Waals surface area contributed by atoms with E-state index in [0.717, 1.165) is 0 Å². The number of halogens is 3. The Morgan fingerprint density at radius 1 is 1.09 bits per heavy atom. The molecule has 1 aromatic rings. The Morgan fingerprint density at radius 2 is 1.64 bits per heavy atom. The number of aromatic nitrogens is 1. The molecule has 11 heavy (non-hydrogen) atoms. The summed E-state index contributed by atoms with van der Waals surface area (Å²) in [5.74, 6) is -4.09. The Balaban J connectivity index is 3.46. The van der Waals surface area contributed by atoms with Gasteiger partial charge in [-0.15, -0.1) is 0 Å². The van der Waals surface area contributed by atoms with Crippen LogP contribution in [0.5, 0.6) is 0 Å². The second kappa shape index (κ2) is 2.53. The van der Waals surface area contributed by atoms with E-state index in [1.165, 1.54) is 6.92 Å². The molecule has 0 spiro atoms. The predicted octanol–water partition coefficient (Wildman–Crippen LogP) is 1.99. The summed E-state index contributed by atoms with van der Waals surface area (Å²) in [6, 6.07) is 0. The van der Waals surface area contributed by atoms with Crippen LogP contribution in [-0.2, 0) is 0 Å². The van der Waals surface area contributed by atoms with Crippen molar-refractivity contribution >= 4 is 0 Å². The van der Waals surface area contributed by atoms with E-state index < -0.39 is 17.5 Å². The van der Waals surface area contributed by atoms with Gasteiger partial charge in [-0.05, 0) is 13.8 Å². The first kappa shape index (κ1) is 8.04. The molecule has 1 radical (unpaired) electrons. The number of hydrogen-bond donors (Lipinski definition) is 0. The second-order valence-electron chi connectivity index (χ2n) is 2.09. The quantitative estimate of drug-likeness (QED) is 0.565. The van der Waals surface area contributed by atoms with Gasteiger partial charge >= 0.3 is 0 Å². The fraction of sp³-hybridized carbons (Fsp3) is 0.143. The van der Waals surface area contributed by atoms with E-state index in [2.05, 4.69) is 11.9 Å². The lowest BCUT2D eigenvalue weighted by Gasteiger charge is -2.00. The summed E-state index contributed by atoms with van der Waals surface area (Å²) in [5.41, 5.74) is -0.560. The minimum atomic E-state index is -1.51. The van der Waals surface area contributed by atoms with Gasteiger partial charge in [0.1, 0.15) is 0 Å². The third-order valence-corrected chi connectivity index (χ3v) is 1.26. The molecule has 59 valence electrons. The van der Waals surface area contributed by atoms with Crippen molar-refractivity contribution in [3.63, 3.8) is 0 Å². The predicted molar refractivity (Wildman–Crippen MR) is 33.3 cm³/mol. The van der Waals surface area contributed by atoms with E-state index in [1.54, 1.807) is 0 Å². The standard InChI is InChI=1S/C7H5F3N/c1-3-5(8)7(10)6(9)4(2)11-3/h1H2,2H3. The van der Waals surface area contributed by atoms with Crippen LogP contribution in [0.2, 0.25) is 0 Å². The lowest BCUT2D eigenvalue weighted by atomic mass is 10.3. The van der Waals surface area contributed by atoms with Gasteiger partial charge in [-0.2, -0.15) is 0 Å². The van der Waals surface area contributed by atoms with Gasteiger partial charge in [0, 0.05) is 0 Å². The topological polar surface area (TPSA) is 12.9 Å². The lowest BCUT2D eigenvalue weighted by molar-refractivity contribution is 0.433. The second-order valence-corrected chi connectivity index (χ2v) is 2.09. The van der Waals surface area contributed by atoms with Crippen molar-refractivity contribution < 1.29 is 13.2 Å². The van der Waals surface area contributed by atoms with Crippen molar-refractivity contribution in [1.29, 1.82) is 0 Å². The van der Waals surface area contributed by atoms with Crippen LogP contribution in [0.1, 0.15) is 11.4 Å². The lowest BCUT2D eigenvalue weighted by Crippen LogP contribution is -2.01. The summed E-state index contributed by atoms with van der Waals surface area (Å²) in [6.07, 6.45) is 0. The molecule has 0 aliphatic carbocycles. The molecule has 0 fully saturated rings. The van der Waals surface area contributed by atoms with Gasteiger partial charge in [0.15, 0.2) is 17.5 Å². The van der Waals surface area contributed by atoms with E-state index in [1.807, 2.05) is 0 Å². The molecule has 0 saturated heterocycles. The first-order valence-electron chi connectivity index (χ1n) is 2.87.